The van der Waals surface area contributed by atoms with Crippen LogP contribution in [-0.4, -0.2) is 55.2 Å². The molecule has 0 aliphatic carbocycles. The Morgan fingerprint density at radius 2 is 2.03 bits per heavy atom. The lowest BCUT2D eigenvalue weighted by Gasteiger charge is -2.42. The molecule has 2 aromatic carbocycles. The standard InChI is InChI=1S/C23H27BrN4O4/c1-32-18-7-4-6-17(15-18)28-22(30)26-20-9-8-16(24)14-19(20)23(28,31)21(29)25-10-5-13-27-11-2-3-12-27/h4,6-9,14-15,31H,2-3,5,10-13H2,1H3,(H,25,29)(H,26,30). The Hall–Kier alpha value is -2.62. The van der Waals surface area contributed by atoms with Crippen LogP contribution in [0.2, 0.25) is 0 Å². The van der Waals surface area contributed by atoms with Crippen LogP contribution in [0.1, 0.15) is 24.8 Å². The SMILES string of the molecule is COc1cccc(N2C(=O)Nc3ccc(Br)cc3C2(O)C(=O)NCCCN2CCCC2)c1. The molecule has 1 atom stereocenters. The average molecular weight is 503 g/mol. The minimum absolute atomic E-state index is 0.284. The van der Waals surface area contributed by atoms with Gasteiger partial charge < -0.3 is 25.4 Å². The summed E-state index contributed by atoms with van der Waals surface area (Å²) in [6.45, 7) is 3.46. The maximum atomic E-state index is 13.4. The molecule has 0 spiro atoms. The van der Waals surface area contributed by atoms with Crippen molar-refractivity contribution in [1.29, 1.82) is 0 Å². The minimum Gasteiger partial charge on any atom is -0.497 e. The number of nitrogens with one attached hydrogen (secondary N) is 2. The number of anilines is 2. The van der Waals surface area contributed by atoms with Gasteiger partial charge in [0.05, 0.1) is 18.5 Å². The molecule has 3 amide bonds. The maximum Gasteiger partial charge on any atom is 0.329 e. The number of ether oxygens (including phenoxy) is 1. The number of rotatable bonds is 7. The van der Waals surface area contributed by atoms with Crippen molar-refractivity contribution >= 4 is 39.2 Å². The second kappa shape index (κ2) is 9.48. The third-order valence-corrected chi connectivity index (χ3v) is 6.38. The van der Waals surface area contributed by atoms with Gasteiger partial charge in [-0.2, -0.15) is 0 Å². The molecule has 2 aliphatic heterocycles. The number of halogens is 1. The second-order valence-electron chi connectivity index (χ2n) is 7.99. The number of fused-ring (bicyclic) bond motifs is 1. The van der Waals surface area contributed by atoms with E-state index in [0.29, 0.717) is 28.1 Å². The van der Waals surface area contributed by atoms with Crippen LogP contribution in [-0.2, 0) is 10.5 Å². The van der Waals surface area contributed by atoms with Crippen molar-refractivity contribution in [3.05, 3.63) is 52.5 Å². The molecule has 9 heteroatoms. The number of amides is 3. The largest absolute Gasteiger partial charge is 0.497 e. The summed E-state index contributed by atoms with van der Waals surface area (Å²) in [5, 5.41) is 17.5. The molecule has 0 radical (unpaired) electrons. The van der Waals surface area contributed by atoms with Crippen molar-refractivity contribution in [1.82, 2.24) is 10.2 Å². The molecule has 0 bridgehead atoms. The topological polar surface area (TPSA) is 94.1 Å². The van der Waals surface area contributed by atoms with Gasteiger partial charge in [-0.3, -0.25) is 9.69 Å². The zero-order valence-electron chi connectivity index (χ0n) is 17.9. The highest BCUT2D eigenvalue weighted by Gasteiger charge is 2.52. The fourth-order valence-corrected chi connectivity index (χ4v) is 4.63. The molecule has 2 aliphatic rings. The molecule has 1 fully saturated rings. The first-order valence-corrected chi connectivity index (χ1v) is 11.5. The van der Waals surface area contributed by atoms with E-state index in [1.165, 1.54) is 20.0 Å². The van der Waals surface area contributed by atoms with Gasteiger partial charge in [0.1, 0.15) is 5.75 Å². The van der Waals surface area contributed by atoms with E-state index in [0.717, 1.165) is 31.0 Å². The van der Waals surface area contributed by atoms with Crippen LogP contribution in [0.25, 0.3) is 0 Å². The van der Waals surface area contributed by atoms with E-state index >= 15 is 0 Å². The normalized spacial score (nSPS) is 20.6. The Morgan fingerprint density at radius 1 is 1.25 bits per heavy atom. The van der Waals surface area contributed by atoms with Gasteiger partial charge >= 0.3 is 6.03 Å². The lowest BCUT2D eigenvalue weighted by Crippen LogP contribution is -2.62. The number of urea groups is 1. The van der Waals surface area contributed by atoms with E-state index in [1.807, 2.05) is 0 Å². The molecule has 8 nitrogen and oxygen atoms in total. The Kier molecular flexibility index (Phi) is 6.68. The van der Waals surface area contributed by atoms with Crippen LogP contribution in [0.3, 0.4) is 0 Å². The van der Waals surface area contributed by atoms with Crippen LogP contribution < -0.4 is 20.3 Å². The molecule has 2 aromatic rings. The lowest BCUT2D eigenvalue weighted by molar-refractivity contribution is -0.140. The Balaban J connectivity index is 1.65. The molecular formula is C23H27BrN4O4. The van der Waals surface area contributed by atoms with Gasteiger partial charge in [0, 0.05) is 22.6 Å². The van der Waals surface area contributed by atoms with E-state index in [-0.39, 0.29) is 5.56 Å². The van der Waals surface area contributed by atoms with Crippen LogP contribution in [0.4, 0.5) is 16.2 Å². The number of hydrogen-bond acceptors (Lipinski definition) is 5. The monoisotopic (exact) mass is 502 g/mol. The third kappa shape index (κ3) is 4.32. The summed E-state index contributed by atoms with van der Waals surface area (Å²) >= 11 is 3.41. The molecule has 1 unspecified atom stereocenters. The number of carbonyl (C=O) groups is 2. The molecule has 4 rings (SSSR count). The van der Waals surface area contributed by atoms with Gasteiger partial charge in [0.2, 0.25) is 0 Å². The minimum atomic E-state index is -2.23. The van der Waals surface area contributed by atoms with Crippen molar-refractivity contribution in [2.45, 2.75) is 25.0 Å². The Morgan fingerprint density at radius 3 is 2.78 bits per heavy atom. The van der Waals surface area contributed by atoms with Crippen LogP contribution in [0, 0.1) is 0 Å². The van der Waals surface area contributed by atoms with Gasteiger partial charge in [0.15, 0.2) is 0 Å². The summed E-state index contributed by atoms with van der Waals surface area (Å²) < 4.78 is 5.95. The van der Waals surface area contributed by atoms with Crippen LogP contribution in [0.5, 0.6) is 5.75 Å². The summed E-state index contributed by atoms with van der Waals surface area (Å²) in [7, 11) is 1.51. The highest BCUT2D eigenvalue weighted by atomic mass is 79.9. The predicted octanol–water partition coefficient (Wildman–Crippen LogP) is 3.26. The number of hydrogen-bond donors (Lipinski definition) is 3. The first kappa shape index (κ1) is 22.6. The van der Waals surface area contributed by atoms with Gasteiger partial charge in [-0.25, -0.2) is 4.79 Å². The van der Waals surface area contributed by atoms with Crippen molar-refractivity contribution in [2.24, 2.45) is 0 Å². The molecule has 2 heterocycles. The zero-order chi connectivity index (χ0) is 22.7. The average Bonchev–Trinajstić information content (AvgIpc) is 3.31. The smallest absolute Gasteiger partial charge is 0.329 e. The highest BCUT2D eigenvalue weighted by Crippen LogP contribution is 2.41. The number of benzene rings is 2. The summed E-state index contributed by atoms with van der Waals surface area (Å²) in [5.41, 5.74) is -1.23. The molecule has 32 heavy (non-hydrogen) atoms. The highest BCUT2D eigenvalue weighted by molar-refractivity contribution is 9.10. The number of aliphatic hydroxyl groups is 1. The predicted molar refractivity (Wildman–Crippen MR) is 126 cm³/mol. The van der Waals surface area contributed by atoms with E-state index in [9.17, 15) is 14.7 Å². The molecule has 170 valence electrons. The van der Waals surface area contributed by atoms with Crippen molar-refractivity contribution in [2.75, 3.05) is 43.5 Å². The van der Waals surface area contributed by atoms with E-state index < -0.39 is 17.7 Å². The van der Waals surface area contributed by atoms with Gasteiger partial charge in [-0.15, -0.1) is 0 Å². The first-order valence-electron chi connectivity index (χ1n) is 10.7. The van der Waals surface area contributed by atoms with E-state index in [4.69, 9.17) is 4.74 Å². The zero-order valence-corrected chi connectivity index (χ0v) is 19.5. The van der Waals surface area contributed by atoms with Crippen molar-refractivity contribution < 1.29 is 19.4 Å². The van der Waals surface area contributed by atoms with Gasteiger partial charge in [0.25, 0.3) is 11.6 Å². The van der Waals surface area contributed by atoms with E-state index in [1.54, 1.807) is 42.5 Å². The second-order valence-corrected chi connectivity index (χ2v) is 8.90. The third-order valence-electron chi connectivity index (χ3n) is 5.89. The molecule has 3 N–H and O–H groups in total. The fraction of sp³-hybridized carbons (Fsp3) is 0.391. The van der Waals surface area contributed by atoms with Gasteiger partial charge in [-0.1, -0.05) is 22.0 Å². The molecule has 0 aromatic heterocycles. The van der Waals surface area contributed by atoms with Crippen LogP contribution in [0.15, 0.2) is 46.9 Å². The fourth-order valence-electron chi connectivity index (χ4n) is 4.26. The summed E-state index contributed by atoms with van der Waals surface area (Å²) in [6, 6.07) is 11.1. The maximum absolute atomic E-state index is 13.4. The summed E-state index contributed by atoms with van der Waals surface area (Å²) in [4.78, 5) is 29.9. The van der Waals surface area contributed by atoms with Gasteiger partial charge in [-0.05, 0) is 69.2 Å². The molecular weight excluding hydrogens is 476 g/mol. The molecule has 1 saturated heterocycles. The lowest BCUT2D eigenvalue weighted by atomic mass is 9.94. The summed E-state index contributed by atoms with van der Waals surface area (Å²) in [6.07, 6.45) is 3.18. The summed E-state index contributed by atoms with van der Waals surface area (Å²) in [5.74, 6) is -0.153. The molecule has 0 saturated carbocycles. The number of likely N-dealkylation sites (tertiary alicyclic amines) is 1. The van der Waals surface area contributed by atoms with Crippen LogP contribution >= 0.6 is 15.9 Å². The van der Waals surface area contributed by atoms with Crippen molar-refractivity contribution in [3.8, 4) is 5.75 Å². The number of carbonyl (C=O) groups excluding carboxylic acids is 2. The number of methoxy groups -OCH3 is 1. The van der Waals surface area contributed by atoms with E-state index in [2.05, 4.69) is 31.5 Å². The first-order chi connectivity index (χ1) is 15.4. The Bertz CT molecular complexity index is 1010. The quantitative estimate of drug-likeness (QED) is 0.505. The van der Waals surface area contributed by atoms with Crippen molar-refractivity contribution in [3.63, 3.8) is 0 Å². The Labute approximate surface area is 195 Å². The number of nitrogens with zero attached hydrogens (tertiary/aromatic N) is 2.